The van der Waals surface area contributed by atoms with E-state index in [0.29, 0.717) is 28.2 Å². The van der Waals surface area contributed by atoms with E-state index in [1.807, 2.05) is 0 Å². The Kier molecular flexibility index (Phi) is 3.17. The maximum Gasteiger partial charge on any atom is 0.132 e. The van der Waals surface area contributed by atoms with Crippen molar-refractivity contribution in [2.75, 3.05) is 5.73 Å². The number of aromatic nitrogens is 2. The Morgan fingerprint density at radius 3 is 2.33 bits per heavy atom. The van der Waals surface area contributed by atoms with Crippen LogP contribution in [0.2, 0.25) is 0 Å². The van der Waals surface area contributed by atoms with Crippen molar-refractivity contribution < 1.29 is 8.78 Å². The molecule has 0 spiro atoms. The van der Waals surface area contributed by atoms with Crippen LogP contribution in [0.1, 0.15) is 0 Å². The molecule has 0 unspecified atom stereocenters. The summed E-state index contributed by atoms with van der Waals surface area (Å²) in [6, 6.07) is 12.2. The van der Waals surface area contributed by atoms with Crippen molar-refractivity contribution in [1.29, 1.82) is 0 Å². The highest BCUT2D eigenvalue weighted by molar-refractivity contribution is 5.88. The second-order valence-electron chi connectivity index (χ2n) is 4.72. The smallest absolute Gasteiger partial charge is 0.132 e. The van der Waals surface area contributed by atoms with Gasteiger partial charge in [0.15, 0.2) is 0 Å². The number of nitrogen functional groups attached to an aromatic ring is 1. The molecule has 0 atom stereocenters. The molecule has 0 fully saturated rings. The minimum absolute atomic E-state index is 0.339. The minimum Gasteiger partial charge on any atom is -0.383 e. The Hall–Kier alpha value is -2.69. The molecular formula is C16H13F2N3. The fourth-order valence-corrected chi connectivity index (χ4v) is 2.28. The third kappa shape index (κ3) is 2.27. The molecule has 0 saturated carbocycles. The van der Waals surface area contributed by atoms with Gasteiger partial charge in [0.05, 0.1) is 5.56 Å². The van der Waals surface area contributed by atoms with Crippen LogP contribution in [-0.2, 0) is 7.05 Å². The molecule has 3 nitrogen and oxygen atoms in total. The van der Waals surface area contributed by atoms with Crippen LogP contribution >= 0.6 is 0 Å². The van der Waals surface area contributed by atoms with Gasteiger partial charge in [0, 0.05) is 12.6 Å². The number of aryl methyl sites for hydroxylation is 1. The average molecular weight is 285 g/mol. The molecule has 5 heteroatoms. The van der Waals surface area contributed by atoms with Crippen LogP contribution in [0.4, 0.5) is 14.6 Å². The first-order valence-corrected chi connectivity index (χ1v) is 6.41. The normalized spacial score (nSPS) is 10.8. The van der Waals surface area contributed by atoms with E-state index in [-0.39, 0.29) is 11.6 Å². The molecular weight excluding hydrogens is 272 g/mol. The molecule has 0 bridgehead atoms. The highest BCUT2D eigenvalue weighted by Gasteiger charge is 2.19. The number of halogens is 2. The molecule has 106 valence electrons. The lowest BCUT2D eigenvalue weighted by Crippen LogP contribution is -1.98. The lowest BCUT2D eigenvalue weighted by molar-refractivity contribution is 0.628. The van der Waals surface area contributed by atoms with E-state index < -0.39 is 0 Å². The van der Waals surface area contributed by atoms with Crippen molar-refractivity contribution in [3.8, 4) is 22.4 Å². The number of nitrogens with zero attached hydrogens (tertiary/aromatic N) is 2. The molecule has 1 heterocycles. The SMILES string of the molecule is Cn1nc(-c2ccccc2F)c(-c2ccc(F)cc2)c1N. The van der Waals surface area contributed by atoms with Crippen molar-refractivity contribution in [3.63, 3.8) is 0 Å². The van der Waals surface area contributed by atoms with Crippen LogP contribution in [0.3, 0.4) is 0 Å². The molecule has 3 rings (SSSR count). The first-order valence-electron chi connectivity index (χ1n) is 6.41. The van der Waals surface area contributed by atoms with Gasteiger partial charge in [-0.2, -0.15) is 5.10 Å². The maximum atomic E-state index is 14.0. The molecule has 0 amide bonds. The van der Waals surface area contributed by atoms with Crippen LogP contribution < -0.4 is 5.73 Å². The Balaban J connectivity index is 2.26. The summed E-state index contributed by atoms with van der Waals surface area (Å²) in [5, 5.41) is 4.30. The monoisotopic (exact) mass is 285 g/mol. The van der Waals surface area contributed by atoms with E-state index in [4.69, 9.17) is 5.73 Å². The van der Waals surface area contributed by atoms with Gasteiger partial charge in [0.2, 0.25) is 0 Å². The van der Waals surface area contributed by atoms with Gasteiger partial charge in [-0.1, -0.05) is 24.3 Å². The summed E-state index contributed by atoms with van der Waals surface area (Å²) < 4.78 is 28.6. The van der Waals surface area contributed by atoms with Gasteiger partial charge >= 0.3 is 0 Å². The van der Waals surface area contributed by atoms with Gasteiger partial charge in [0.25, 0.3) is 0 Å². The van der Waals surface area contributed by atoms with Gasteiger partial charge < -0.3 is 5.73 Å². The van der Waals surface area contributed by atoms with Crippen molar-refractivity contribution in [3.05, 3.63) is 60.2 Å². The number of hydrogen-bond acceptors (Lipinski definition) is 2. The molecule has 0 aliphatic carbocycles. The van der Waals surface area contributed by atoms with E-state index in [0.717, 1.165) is 0 Å². The molecule has 2 aromatic carbocycles. The molecule has 1 aromatic heterocycles. The standard InChI is InChI=1S/C16H13F2N3/c1-21-16(19)14(10-6-8-11(17)9-7-10)15(20-21)12-4-2-3-5-13(12)18/h2-9H,19H2,1H3. The van der Waals surface area contributed by atoms with Gasteiger partial charge in [-0.15, -0.1) is 0 Å². The minimum atomic E-state index is -0.376. The zero-order valence-electron chi connectivity index (χ0n) is 11.3. The van der Waals surface area contributed by atoms with Crippen molar-refractivity contribution in [2.24, 2.45) is 7.05 Å². The number of hydrogen-bond donors (Lipinski definition) is 1. The summed E-state index contributed by atoms with van der Waals surface area (Å²) in [5.74, 6) is -0.313. The molecule has 3 aromatic rings. The second-order valence-corrected chi connectivity index (χ2v) is 4.72. The number of anilines is 1. The first kappa shape index (κ1) is 13.3. The summed E-state index contributed by atoms with van der Waals surface area (Å²) >= 11 is 0. The quantitative estimate of drug-likeness (QED) is 0.781. The van der Waals surface area contributed by atoms with Gasteiger partial charge in [-0.05, 0) is 29.8 Å². The number of benzene rings is 2. The van der Waals surface area contributed by atoms with Crippen LogP contribution in [0.25, 0.3) is 22.4 Å². The highest BCUT2D eigenvalue weighted by atomic mass is 19.1. The highest BCUT2D eigenvalue weighted by Crippen LogP contribution is 2.36. The second kappa shape index (κ2) is 5.01. The summed E-state index contributed by atoms with van der Waals surface area (Å²) in [6.45, 7) is 0. The van der Waals surface area contributed by atoms with Crippen LogP contribution in [-0.4, -0.2) is 9.78 Å². The number of rotatable bonds is 2. The van der Waals surface area contributed by atoms with Gasteiger partial charge in [0.1, 0.15) is 23.1 Å². The lowest BCUT2D eigenvalue weighted by atomic mass is 10.0. The topological polar surface area (TPSA) is 43.8 Å². The van der Waals surface area contributed by atoms with E-state index in [9.17, 15) is 8.78 Å². The predicted molar refractivity (Wildman–Crippen MR) is 78.4 cm³/mol. The fourth-order valence-electron chi connectivity index (χ4n) is 2.28. The predicted octanol–water partition coefficient (Wildman–Crippen LogP) is 3.61. The third-order valence-corrected chi connectivity index (χ3v) is 3.35. The molecule has 0 saturated heterocycles. The largest absolute Gasteiger partial charge is 0.383 e. The fraction of sp³-hybridized carbons (Fsp3) is 0.0625. The summed E-state index contributed by atoms with van der Waals surface area (Å²) in [5.41, 5.74) is 8.15. The first-order chi connectivity index (χ1) is 10.1. The Morgan fingerprint density at radius 1 is 1.00 bits per heavy atom. The third-order valence-electron chi connectivity index (χ3n) is 3.35. The molecule has 0 aliphatic heterocycles. The van der Waals surface area contributed by atoms with Crippen LogP contribution in [0.15, 0.2) is 48.5 Å². The van der Waals surface area contributed by atoms with E-state index >= 15 is 0 Å². The summed E-state index contributed by atoms with van der Waals surface area (Å²) in [6.07, 6.45) is 0. The maximum absolute atomic E-state index is 14.0. The Labute approximate surface area is 120 Å². The molecule has 0 aliphatic rings. The zero-order chi connectivity index (χ0) is 15.0. The summed E-state index contributed by atoms with van der Waals surface area (Å²) in [7, 11) is 1.69. The lowest BCUT2D eigenvalue weighted by Gasteiger charge is -2.05. The van der Waals surface area contributed by atoms with E-state index in [2.05, 4.69) is 5.10 Å². The average Bonchev–Trinajstić information content (AvgIpc) is 2.76. The molecule has 0 radical (unpaired) electrons. The van der Waals surface area contributed by atoms with Gasteiger partial charge in [-0.3, -0.25) is 4.68 Å². The van der Waals surface area contributed by atoms with Crippen molar-refractivity contribution >= 4 is 5.82 Å². The molecule has 21 heavy (non-hydrogen) atoms. The zero-order valence-corrected chi connectivity index (χ0v) is 11.3. The van der Waals surface area contributed by atoms with Crippen molar-refractivity contribution in [1.82, 2.24) is 9.78 Å². The summed E-state index contributed by atoms with van der Waals surface area (Å²) in [4.78, 5) is 0. The van der Waals surface area contributed by atoms with Crippen molar-refractivity contribution in [2.45, 2.75) is 0 Å². The van der Waals surface area contributed by atoms with Crippen LogP contribution in [0, 0.1) is 11.6 Å². The van der Waals surface area contributed by atoms with E-state index in [1.54, 1.807) is 37.4 Å². The number of nitrogens with two attached hydrogens (primary N) is 1. The van der Waals surface area contributed by atoms with E-state index in [1.165, 1.54) is 22.9 Å². The van der Waals surface area contributed by atoms with Crippen LogP contribution in [0.5, 0.6) is 0 Å². The Bertz CT molecular complexity index is 792. The Morgan fingerprint density at radius 2 is 1.67 bits per heavy atom. The molecule has 2 N–H and O–H groups in total. The van der Waals surface area contributed by atoms with Gasteiger partial charge in [-0.25, -0.2) is 8.78 Å².